The fraction of sp³-hybridized carbons (Fsp3) is 0.280. The van der Waals surface area contributed by atoms with Gasteiger partial charge in [-0.05, 0) is 74.6 Å². The van der Waals surface area contributed by atoms with Gasteiger partial charge in [-0.15, -0.1) is 6.42 Å². The van der Waals surface area contributed by atoms with E-state index < -0.39 is 0 Å². The van der Waals surface area contributed by atoms with E-state index in [0.717, 1.165) is 49.3 Å². The highest BCUT2D eigenvalue weighted by atomic mass is 15.1. The molecule has 27 heavy (non-hydrogen) atoms. The van der Waals surface area contributed by atoms with Crippen molar-refractivity contribution in [3.8, 4) is 29.9 Å². The lowest BCUT2D eigenvalue weighted by molar-refractivity contribution is 0.301. The van der Waals surface area contributed by atoms with Crippen molar-refractivity contribution in [1.82, 2.24) is 9.47 Å². The van der Waals surface area contributed by atoms with Crippen LogP contribution in [0.15, 0.2) is 54.7 Å². The molecule has 2 aromatic carbocycles. The molecule has 0 aliphatic heterocycles. The summed E-state index contributed by atoms with van der Waals surface area (Å²) < 4.78 is 2.18. The largest absolute Gasteiger partial charge is 0.317 e. The SMILES string of the molecule is C#Cc1ccc(-n2ccc3cc(C#CCCCN(CC)CC)ccc32)cc1. The van der Waals surface area contributed by atoms with Gasteiger partial charge in [0.25, 0.3) is 0 Å². The average Bonchev–Trinajstić information content (AvgIpc) is 3.14. The molecule has 0 amide bonds. The van der Waals surface area contributed by atoms with Crippen LogP contribution < -0.4 is 0 Å². The lowest BCUT2D eigenvalue weighted by Gasteiger charge is -2.16. The minimum atomic E-state index is 0.897. The Bertz CT molecular complexity index is 987. The molecule has 3 aromatic rings. The van der Waals surface area contributed by atoms with E-state index in [1.54, 1.807) is 0 Å². The summed E-state index contributed by atoms with van der Waals surface area (Å²) in [6, 6.07) is 16.6. The molecule has 0 unspecified atom stereocenters. The van der Waals surface area contributed by atoms with E-state index in [1.807, 2.05) is 12.1 Å². The predicted octanol–water partition coefficient (Wildman–Crippen LogP) is 5.09. The van der Waals surface area contributed by atoms with Crippen LogP contribution in [0.3, 0.4) is 0 Å². The lowest BCUT2D eigenvalue weighted by atomic mass is 10.1. The molecule has 0 saturated heterocycles. The first kappa shape index (κ1) is 18.8. The third-order valence-electron chi connectivity index (χ3n) is 4.91. The fourth-order valence-corrected chi connectivity index (χ4v) is 3.26. The number of nitrogens with zero attached hydrogens (tertiary/aromatic N) is 2. The van der Waals surface area contributed by atoms with Gasteiger partial charge in [0.05, 0.1) is 5.52 Å². The van der Waals surface area contributed by atoms with Gasteiger partial charge in [-0.1, -0.05) is 31.6 Å². The van der Waals surface area contributed by atoms with Crippen LogP contribution in [0.2, 0.25) is 0 Å². The lowest BCUT2D eigenvalue weighted by Crippen LogP contribution is -2.23. The molecule has 0 atom stereocenters. The van der Waals surface area contributed by atoms with Gasteiger partial charge in [0.2, 0.25) is 0 Å². The molecule has 0 spiro atoms. The first-order valence-corrected chi connectivity index (χ1v) is 9.64. The average molecular weight is 354 g/mol. The Balaban J connectivity index is 1.70. The van der Waals surface area contributed by atoms with Crippen LogP contribution in [-0.2, 0) is 0 Å². The molecule has 3 rings (SSSR count). The van der Waals surface area contributed by atoms with Crippen molar-refractivity contribution in [3.05, 3.63) is 65.9 Å². The van der Waals surface area contributed by atoms with E-state index in [-0.39, 0.29) is 0 Å². The van der Waals surface area contributed by atoms with Gasteiger partial charge in [-0.3, -0.25) is 0 Å². The number of fused-ring (bicyclic) bond motifs is 1. The third-order valence-corrected chi connectivity index (χ3v) is 4.91. The number of hydrogen-bond donors (Lipinski definition) is 0. The maximum atomic E-state index is 5.44. The van der Waals surface area contributed by atoms with Gasteiger partial charge in [0.1, 0.15) is 0 Å². The minimum Gasteiger partial charge on any atom is -0.317 e. The zero-order valence-electron chi connectivity index (χ0n) is 16.2. The van der Waals surface area contributed by atoms with Gasteiger partial charge in [-0.2, -0.15) is 0 Å². The van der Waals surface area contributed by atoms with E-state index in [9.17, 15) is 0 Å². The smallest absolute Gasteiger partial charge is 0.0529 e. The quantitative estimate of drug-likeness (QED) is 0.442. The molecule has 0 N–H and O–H groups in total. The summed E-state index contributed by atoms with van der Waals surface area (Å²) >= 11 is 0. The molecular weight excluding hydrogens is 328 g/mol. The Labute approximate surface area is 162 Å². The number of rotatable bonds is 6. The highest BCUT2D eigenvalue weighted by Gasteiger charge is 2.04. The summed E-state index contributed by atoms with van der Waals surface area (Å²) in [6.45, 7) is 7.77. The van der Waals surface area contributed by atoms with Crippen molar-refractivity contribution >= 4 is 10.9 Å². The third kappa shape index (κ3) is 4.62. The molecule has 0 fully saturated rings. The molecule has 0 bridgehead atoms. The van der Waals surface area contributed by atoms with Crippen molar-refractivity contribution in [2.75, 3.05) is 19.6 Å². The summed E-state index contributed by atoms with van der Waals surface area (Å²) in [5, 5.41) is 1.20. The van der Waals surface area contributed by atoms with E-state index in [2.05, 4.69) is 83.7 Å². The van der Waals surface area contributed by atoms with Crippen LogP contribution in [0, 0.1) is 24.2 Å². The van der Waals surface area contributed by atoms with Gasteiger partial charge < -0.3 is 9.47 Å². The number of terminal acetylenes is 1. The van der Waals surface area contributed by atoms with E-state index in [4.69, 9.17) is 6.42 Å². The highest BCUT2D eigenvalue weighted by molar-refractivity contribution is 5.83. The van der Waals surface area contributed by atoms with Crippen molar-refractivity contribution in [2.45, 2.75) is 26.7 Å². The normalized spacial score (nSPS) is 10.6. The Kier molecular flexibility index (Phi) is 6.37. The predicted molar refractivity (Wildman–Crippen MR) is 115 cm³/mol. The Hall–Kier alpha value is -2.94. The number of aromatic nitrogens is 1. The van der Waals surface area contributed by atoms with Crippen LogP contribution in [-0.4, -0.2) is 29.1 Å². The number of unbranched alkanes of at least 4 members (excludes halogenated alkanes) is 1. The van der Waals surface area contributed by atoms with Crippen molar-refractivity contribution in [2.24, 2.45) is 0 Å². The molecule has 0 aliphatic carbocycles. The van der Waals surface area contributed by atoms with Gasteiger partial charge in [0.15, 0.2) is 0 Å². The van der Waals surface area contributed by atoms with Crippen LogP contribution in [0.4, 0.5) is 0 Å². The summed E-state index contributed by atoms with van der Waals surface area (Å²) in [5.41, 5.74) is 4.26. The zero-order valence-corrected chi connectivity index (χ0v) is 16.2. The summed E-state index contributed by atoms with van der Waals surface area (Å²) in [7, 11) is 0. The second-order valence-corrected chi connectivity index (χ2v) is 6.58. The molecule has 0 aliphatic rings. The molecular formula is C25H26N2. The molecule has 136 valence electrons. The molecule has 1 aromatic heterocycles. The van der Waals surface area contributed by atoms with Crippen LogP contribution in [0.1, 0.15) is 37.8 Å². The monoisotopic (exact) mass is 354 g/mol. The standard InChI is InChI=1S/C25H26N2/c1-4-21-11-14-24(15-12-21)27-19-17-23-20-22(13-16-25(23)27)10-8-7-9-18-26(5-2)6-3/h1,11-17,19-20H,5-7,9,18H2,2-3H3. The van der Waals surface area contributed by atoms with Crippen LogP contribution in [0.25, 0.3) is 16.6 Å². The van der Waals surface area contributed by atoms with E-state index in [0.29, 0.717) is 0 Å². The number of hydrogen-bond acceptors (Lipinski definition) is 1. The second kappa shape index (κ2) is 9.13. The second-order valence-electron chi connectivity index (χ2n) is 6.58. The summed E-state index contributed by atoms with van der Waals surface area (Å²) in [5.74, 6) is 9.29. The van der Waals surface area contributed by atoms with Gasteiger partial charge in [0, 0.05) is 34.8 Å². The molecule has 2 nitrogen and oxygen atoms in total. The maximum absolute atomic E-state index is 5.44. The Morgan fingerprint density at radius 2 is 1.70 bits per heavy atom. The van der Waals surface area contributed by atoms with E-state index in [1.165, 1.54) is 10.9 Å². The first-order chi connectivity index (χ1) is 13.2. The molecule has 2 heteroatoms. The van der Waals surface area contributed by atoms with Crippen LogP contribution in [0.5, 0.6) is 0 Å². The molecule has 0 saturated carbocycles. The zero-order chi connectivity index (χ0) is 19.1. The summed E-state index contributed by atoms with van der Waals surface area (Å²) in [6.07, 6.45) is 9.60. The van der Waals surface area contributed by atoms with Gasteiger partial charge >= 0.3 is 0 Å². The van der Waals surface area contributed by atoms with Crippen molar-refractivity contribution in [3.63, 3.8) is 0 Å². The Morgan fingerprint density at radius 3 is 2.41 bits per heavy atom. The summed E-state index contributed by atoms with van der Waals surface area (Å²) in [4.78, 5) is 2.44. The topological polar surface area (TPSA) is 8.17 Å². The Morgan fingerprint density at radius 1 is 0.963 bits per heavy atom. The van der Waals surface area contributed by atoms with E-state index >= 15 is 0 Å². The number of benzene rings is 2. The fourth-order valence-electron chi connectivity index (χ4n) is 3.26. The van der Waals surface area contributed by atoms with Crippen molar-refractivity contribution in [1.29, 1.82) is 0 Å². The maximum Gasteiger partial charge on any atom is 0.0529 e. The van der Waals surface area contributed by atoms with Crippen LogP contribution >= 0.6 is 0 Å². The van der Waals surface area contributed by atoms with Crippen molar-refractivity contribution < 1.29 is 0 Å². The molecule has 0 radical (unpaired) electrons. The first-order valence-electron chi connectivity index (χ1n) is 9.64. The molecule has 1 heterocycles. The minimum absolute atomic E-state index is 0.897. The van der Waals surface area contributed by atoms with Gasteiger partial charge in [-0.25, -0.2) is 0 Å². The highest BCUT2D eigenvalue weighted by Crippen LogP contribution is 2.22.